The molecule has 2 heterocycles. The predicted octanol–water partition coefficient (Wildman–Crippen LogP) is 5.61. The van der Waals surface area contributed by atoms with Crippen LogP contribution < -0.4 is 48.9 Å². The van der Waals surface area contributed by atoms with E-state index in [2.05, 4.69) is 6.92 Å². The minimum absolute atomic E-state index is 0.0826. The van der Waals surface area contributed by atoms with Crippen molar-refractivity contribution < 1.29 is 74.7 Å². The van der Waals surface area contributed by atoms with Crippen molar-refractivity contribution in [3.63, 3.8) is 0 Å². The van der Waals surface area contributed by atoms with Gasteiger partial charge in [0.15, 0.2) is 23.0 Å². The van der Waals surface area contributed by atoms with Crippen LogP contribution in [0.15, 0.2) is 76.5 Å². The number of carbonyl (C=O) groups excluding carboxylic acids is 2. The highest BCUT2D eigenvalue weighted by Gasteiger charge is 2.37. The van der Waals surface area contributed by atoms with Crippen molar-refractivity contribution in [3.05, 3.63) is 83.4 Å². The summed E-state index contributed by atoms with van der Waals surface area (Å²) in [6.45, 7) is 5.57. The summed E-state index contributed by atoms with van der Waals surface area (Å²) in [4.78, 5) is 24.1. The van der Waals surface area contributed by atoms with Gasteiger partial charge in [-0.3, -0.25) is 20.0 Å². The largest absolute Gasteiger partial charge is 0.497 e. The van der Waals surface area contributed by atoms with Gasteiger partial charge in [0.05, 0.1) is 51.9 Å². The third-order valence-electron chi connectivity index (χ3n) is 11.3. The second-order valence-electron chi connectivity index (χ2n) is 15.5. The topological polar surface area (TPSA) is 247 Å². The molecule has 0 unspecified atom stereocenters. The van der Waals surface area contributed by atoms with Crippen LogP contribution in [0, 0.1) is 6.92 Å². The molecule has 2 amide bonds. The lowest BCUT2D eigenvalue weighted by Gasteiger charge is -2.32. The van der Waals surface area contributed by atoms with E-state index in [-0.39, 0.29) is 82.3 Å². The standard InChI is InChI=1S/C25H34N2O8S.C21H26N2O8S/c1-5-6-15-34-20-8-7-19(16-17(20)2)35-18-11-13-27(14-12-18)36(30,31)22-10-9-21(32-3)24(33-4)23(22)25(28)26-29;1-28-15-5-4-6-16(13-15)31-14-9-11-23(12-10-14)32(26,27)18-8-7-17(29-2)20(30-3)19(18)21(24)22-25/h7-10,16,18,29H,5-6,11-15H2,1-4H3,(H,26,28);4-8,13-14,25H,9-12H2,1-3H3,(H,22,24). The van der Waals surface area contributed by atoms with E-state index in [1.807, 2.05) is 43.3 Å². The van der Waals surface area contributed by atoms with Crippen molar-refractivity contribution in [1.29, 1.82) is 0 Å². The molecule has 0 atom stereocenters. The van der Waals surface area contributed by atoms with Crippen LogP contribution in [-0.2, 0) is 20.0 Å². The van der Waals surface area contributed by atoms with Gasteiger partial charge in [-0.2, -0.15) is 8.61 Å². The Kier molecular flexibility index (Phi) is 18.9. The Bertz CT molecular complexity index is 2580. The van der Waals surface area contributed by atoms with Gasteiger partial charge in [0.25, 0.3) is 11.8 Å². The molecule has 2 aliphatic heterocycles. The number of hydrogen-bond donors (Lipinski definition) is 4. The lowest BCUT2D eigenvalue weighted by atomic mass is 10.1. The smallest absolute Gasteiger partial charge is 0.279 e. The second kappa shape index (κ2) is 24.3. The summed E-state index contributed by atoms with van der Waals surface area (Å²) in [6, 6.07) is 18.2. The van der Waals surface area contributed by atoms with E-state index in [4.69, 9.17) is 43.1 Å². The highest BCUT2D eigenvalue weighted by Crippen LogP contribution is 2.39. The molecule has 22 heteroatoms. The number of ether oxygens (including phenoxy) is 8. The Balaban J connectivity index is 0.000000256. The van der Waals surface area contributed by atoms with Crippen LogP contribution in [0.3, 0.4) is 0 Å². The van der Waals surface area contributed by atoms with Crippen molar-refractivity contribution in [2.75, 3.05) is 68.3 Å². The van der Waals surface area contributed by atoms with E-state index in [0.29, 0.717) is 49.5 Å². The molecule has 2 saturated heterocycles. The van der Waals surface area contributed by atoms with Gasteiger partial charge in [0.1, 0.15) is 46.3 Å². The summed E-state index contributed by atoms with van der Waals surface area (Å²) in [5.74, 6) is 0.980. The van der Waals surface area contributed by atoms with Crippen molar-refractivity contribution in [1.82, 2.24) is 19.6 Å². The zero-order valence-electron chi connectivity index (χ0n) is 39.1. The van der Waals surface area contributed by atoms with Gasteiger partial charge >= 0.3 is 0 Å². The summed E-state index contributed by atoms with van der Waals surface area (Å²) in [5, 5.41) is 18.4. The fourth-order valence-electron chi connectivity index (χ4n) is 7.69. The number of unbranched alkanes of at least 4 members (excludes halogenated alkanes) is 1. The first-order chi connectivity index (χ1) is 32.6. The number of amides is 2. The van der Waals surface area contributed by atoms with Crippen LogP contribution in [0.5, 0.6) is 46.0 Å². The number of sulfonamides is 2. The van der Waals surface area contributed by atoms with Crippen LogP contribution in [0.4, 0.5) is 0 Å². The van der Waals surface area contributed by atoms with Gasteiger partial charge in [-0.25, -0.2) is 27.8 Å². The number of hydroxylamine groups is 2. The van der Waals surface area contributed by atoms with Crippen LogP contribution in [0.1, 0.15) is 71.7 Å². The highest BCUT2D eigenvalue weighted by molar-refractivity contribution is 7.89. The van der Waals surface area contributed by atoms with Crippen molar-refractivity contribution >= 4 is 31.9 Å². The van der Waals surface area contributed by atoms with Gasteiger partial charge in [-0.15, -0.1) is 0 Å². The predicted molar refractivity (Wildman–Crippen MR) is 247 cm³/mol. The number of nitrogens with zero attached hydrogens (tertiary/aromatic N) is 2. The van der Waals surface area contributed by atoms with E-state index in [9.17, 15) is 31.6 Å². The summed E-state index contributed by atoms with van der Waals surface area (Å²) in [5.41, 5.74) is 3.30. The van der Waals surface area contributed by atoms with Gasteiger partial charge in [-0.1, -0.05) is 19.4 Å². The average Bonchev–Trinajstić information content (AvgIpc) is 3.36. The Morgan fingerprint density at radius 2 is 1.04 bits per heavy atom. The maximum Gasteiger partial charge on any atom is 0.279 e. The summed E-state index contributed by atoms with van der Waals surface area (Å²) in [7, 11) is -1.26. The van der Waals surface area contributed by atoms with Crippen molar-refractivity contribution in [2.45, 2.75) is 74.4 Å². The first kappa shape index (κ1) is 52.9. The molecule has 0 aliphatic carbocycles. The molecule has 20 nitrogen and oxygen atoms in total. The molecule has 372 valence electrons. The molecular weight excluding hydrogens is 929 g/mol. The third-order valence-corrected chi connectivity index (χ3v) is 15.1. The molecule has 0 spiro atoms. The maximum atomic E-state index is 13.5. The Labute approximate surface area is 396 Å². The fraction of sp³-hybridized carbons (Fsp3) is 0.435. The number of benzene rings is 4. The number of piperidine rings is 2. The highest BCUT2D eigenvalue weighted by atomic mass is 32.2. The molecule has 2 fully saturated rings. The Morgan fingerprint density at radius 1 is 0.603 bits per heavy atom. The van der Waals surface area contributed by atoms with Crippen LogP contribution in [0.2, 0.25) is 0 Å². The number of carbonyl (C=O) groups is 2. The first-order valence-electron chi connectivity index (χ1n) is 21.7. The number of nitrogens with one attached hydrogen (secondary N) is 2. The molecule has 4 N–H and O–H groups in total. The average molecular weight is 989 g/mol. The number of hydrogen-bond acceptors (Lipinski definition) is 16. The lowest BCUT2D eigenvalue weighted by molar-refractivity contribution is 0.0694. The number of methoxy groups -OCH3 is 5. The number of rotatable bonds is 19. The quantitative estimate of drug-likeness (QED) is 0.0507. The second-order valence-corrected chi connectivity index (χ2v) is 19.3. The van der Waals surface area contributed by atoms with E-state index >= 15 is 0 Å². The molecule has 0 saturated carbocycles. The van der Waals surface area contributed by atoms with Crippen molar-refractivity contribution in [2.24, 2.45) is 0 Å². The molecule has 0 aromatic heterocycles. The van der Waals surface area contributed by atoms with E-state index in [1.54, 1.807) is 13.2 Å². The molecule has 0 radical (unpaired) electrons. The SMILES string of the molecule is CCCCOc1ccc(OC2CCN(S(=O)(=O)c3ccc(OC)c(OC)c3C(=O)NO)CC2)cc1C.COc1cccc(OC2CCN(S(=O)(=O)c3ccc(OC)c(OC)c3C(=O)NO)CC2)c1. The van der Waals surface area contributed by atoms with Gasteiger partial charge < -0.3 is 37.9 Å². The summed E-state index contributed by atoms with van der Waals surface area (Å²) >= 11 is 0. The zero-order valence-corrected chi connectivity index (χ0v) is 40.7. The molecule has 68 heavy (non-hydrogen) atoms. The minimum Gasteiger partial charge on any atom is -0.497 e. The van der Waals surface area contributed by atoms with Crippen LogP contribution in [-0.4, -0.2) is 128 Å². The Hall–Kier alpha value is -6.04. The molecule has 2 aliphatic rings. The fourth-order valence-corrected chi connectivity index (χ4v) is 11.0. The molecule has 0 bridgehead atoms. The number of aryl methyl sites for hydroxylation is 1. The van der Waals surface area contributed by atoms with Gasteiger partial charge in [0, 0.05) is 32.2 Å². The molecule has 4 aromatic rings. The minimum atomic E-state index is -4.07. The monoisotopic (exact) mass is 988 g/mol. The maximum absolute atomic E-state index is 13.5. The van der Waals surface area contributed by atoms with E-state index in [1.165, 1.54) is 72.3 Å². The summed E-state index contributed by atoms with van der Waals surface area (Å²) < 4.78 is 100. The third kappa shape index (κ3) is 12.3. The van der Waals surface area contributed by atoms with Gasteiger partial charge in [0.2, 0.25) is 20.0 Å². The van der Waals surface area contributed by atoms with Crippen LogP contribution in [0.25, 0.3) is 0 Å². The van der Waals surface area contributed by atoms with Crippen molar-refractivity contribution in [3.8, 4) is 46.0 Å². The summed E-state index contributed by atoms with van der Waals surface area (Å²) in [6.07, 6.45) is 3.61. The lowest BCUT2D eigenvalue weighted by Crippen LogP contribution is -2.42. The zero-order chi connectivity index (χ0) is 49.6. The first-order valence-corrected chi connectivity index (χ1v) is 24.6. The molecule has 6 rings (SSSR count). The van der Waals surface area contributed by atoms with Gasteiger partial charge in [-0.05, 0) is 99.2 Å². The normalized spacial score (nSPS) is 15.0. The van der Waals surface area contributed by atoms with E-state index in [0.717, 1.165) is 24.2 Å². The van der Waals surface area contributed by atoms with Crippen LogP contribution >= 0.6 is 0 Å². The molecular formula is C46H60N4O16S2. The van der Waals surface area contributed by atoms with E-state index < -0.39 is 31.9 Å². The Morgan fingerprint density at radius 3 is 1.44 bits per heavy atom. The molecule has 4 aromatic carbocycles.